The first-order valence-corrected chi connectivity index (χ1v) is 14.4. The van der Waals surface area contributed by atoms with Crippen molar-refractivity contribution in [1.82, 2.24) is 0 Å². The van der Waals surface area contributed by atoms with E-state index < -0.39 is 8.32 Å². The first kappa shape index (κ1) is 30.0. The first-order chi connectivity index (χ1) is 12.2. The molecule has 0 saturated heterocycles. The minimum atomic E-state index is -1.61. The van der Waals surface area contributed by atoms with Crippen molar-refractivity contribution < 1.29 is 41.8 Å². The zero-order valence-electron chi connectivity index (χ0n) is 18.1. The topological polar surface area (TPSA) is 80.9 Å². The van der Waals surface area contributed by atoms with Crippen molar-refractivity contribution in [3.05, 3.63) is 0 Å². The summed E-state index contributed by atoms with van der Waals surface area (Å²) in [7, 11) is -1.61. The largest absolute Gasteiger partial charge is 0.433 e. The Morgan fingerprint density at radius 2 is 0.630 bits per heavy atom. The molecule has 3 rings (SSSR count). The van der Waals surface area contributed by atoms with E-state index in [1.807, 2.05) is 19.6 Å². The summed E-state index contributed by atoms with van der Waals surface area (Å²) in [5, 5.41) is 26.7. The third-order valence-electron chi connectivity index (χ3n) is 4.72. The van der Waals surface area contributed by atoms with Gasteiger partial charge in [-0.05, 0) is 58.2 Å². The van der Waals surface area contributed by atoms with Gasteiger partial charge in [-0.15, -0.1) is 0 Å². The van der Waals surface area contributed by atoms with Gasteiger partial charge in [0.25, 0.3) is 0 Å². The van der Waals surface area contributed by atoms with Crippen LogP contribution in [0.1, 0.15) is 96.3 Å². The predicted octanol–water partition coefficient (Wildman–Crippen LogP) is 4.75. The molecule has 3 aliphatic rings. The molecule has 162 valence electrons. The fraction of sp³-hybridized carbons (Fsp3) is 1.00. The summed E-state index contributed by atoms with van der Waals surface area (Å²) in [6.45, 7) is 5.65. The SMILES string of the molecule is C[Si](C)(C)O.OC1CCCCC1.OC1CCCCC1.OC1CCCCC1.[Ti]. The van der Waals surface area contributed by atoms with Crippen LogP contribution in [0.2, 0.25) is 19.6 Å². The number of aliphatic hydroxyl groups is 3. The van der Waals surface area contributed by atoms with E-state index in [1.165, 1.54) is 57.8 Å². The molecule has 0 unspecified atom stereocenters. The molecular formula is C21H46O4SiTi. The number of hydrogen-bond donors (Lipinski definition) is 4. The van der Waals surface area contributed by atoms with Gasteiger partial charge in [0.2, 0.25) is 0 Å². The third kappa shape index (κ3) is 26.8. The van der Waals surface area contributed by atoms with Crippen LogP contribution in [-0.4, -0.2) is 46.7 Å². The molecule has 0 spiro atoms. The molecule has 0 heterocycles. The molecule has 4 nitrogen and oxygen atoms in total. The average molecular weight is 439 g/mol. The van der Waals surface area contributed by atoms with Gasteiger partial charge in [0.15, 0.2) is 8.32 Å². The van der Waals surface area contributed by atoms with Gasteiger partial charge < -0.3 is 20.1 Å². The van der Waals surface area contributed by atoms with Crippen LogP contribution >= 0.6 is 0 Å². The zero-order chi connectivity index (χ0) is 19.8. The number of aliphatic hydroxyl groups excluding tert-OH is 3. The van der Waals surface area contributed by atoms with Gasteiger partial charge in [-0.25, -0.2) is 0 Å². The average Bonchev–Trinajstić information content (AvgIpc) is 2.57. The van der Waals surface area contributed by atoms with E-state index >= 15 is 0 Å². The second-order valence-corrected chi connectivity index (χ2v) is 13.4. The summed E-state index contributed by atoms with van der Waals surface area (Å²) in [6.07, 6.45) is 17.8. The van der Waals surface area contributed by atoms with Crippen molar-refractivity contribution >= 4 is 8.32 Å². The van der Waals surface area contributed by atoms with Crippen LogP contribution in [0.25, 0.3) is 0 Å². The molecule has 0 radical (unpaired) electrons. The molecular weight excluding hydrogens is 392 g/mol. The Morgan fingerprint density at radius 3 is 0.704 bits per heavy atom. The fourth-order valence-electron chi connectivity index (χ4n) is 3.24. The van der Waals surface area contributed by atoms with E-state index in [4.69, 9.17) is 20.1 Å². The predicted molar refractivity (Wildman–Crippen MR) is 113 cm³/mol. The third-order valence-corrected chi connectivity index (χ3v) is 4.72. The van der Waals surface area contributed by atoms with E-state index in [0.717, 1.165) is 38.5 Å². The molecule has 0 bridgehead atoms. The second kappa shape index (κ2) is 18.8. The van der Waals surface area contributed by atoms with Gasteiger partial charge in [-0.2, -0.15) is 0 Å². The monoisotopic (exact) mass is 438 g/mol. The Kier molecular flexibility index (Phi) is 20.8. The minimum absolute atomic E-state index is 0. The van der Waals surface area contributed by atoms with E-state index in [2.05, 4.69) is 0 Å². The van der Waals surface area contributed by atoms with Crippen LogP contribution in [0.4, 0.5) is 0 Å². The van der Waals surface area contributed by atoms with E-state index in [-0.39, 0.29) is 40.0 Å². The Bertz CT molecular complexity index is 251. The summed E-state index contributed by atoms with van der Waals surface area (Å²) in [5.74, 6) is 0. The minimum Gasteiger partial charge on any atom is -0.433 e. The van der Waals surface area contributed by atoms with Crippen molar-refractivity contribution in [2.45, 2.75) is 134 Å². The molecule has 0 aromatic heterocycles. The molecule has 0 aliphatic heterocycles. The Balaban J connectivity index is 0. The van der Waals surface area contributed by atoms with Crippen LogP contribution in [0.3, 0.4) is 0 Å². The molecule has 4 N–H and O–H groups in total. The van der Waals surface area contributed by atoms with Crippen molar-refractivity contribution in [3.8, 4) is 0 Å². The van der Waals surface area contributed by atoms with E-state index in [0.29, 0.717) is 0 Å². The van der Waals surface area contributed by atoms with Crippen LogP contribution in [0, 0.1) is 0 Å². The maximum atomic E-state index is 8.91. The molecule has 27 heavy (non-hydrogen) atoms. The maximum Gasteiger partial charge on any atom is 0.179 e. The summed E-state index contributed by atoms with van der Waals surface area (Å²) >= 11 is 0. The molecule has 6 heteroatoms. The van der Waals surface area contributed by atoms with Crippen LogP contribution in [-0.2, 0) is 21.7 Å². The Hall–Kier alpha value is 0.771. The molecule has 0 aromatic carbocycles. The zero-order valence-corrected chi connectivity index (χ0v) is 20.7. The van der Waals surface area contributed by atoms with Crippen molar-refractivity contribution in [1.29, 1.82) is 0 Å². The Labute approximate surface area is 184 Å². The summed E-state index contributed by atoms with van der Waals surface area (Å²) in [6, 6.07) is 0. The standard InChI is InChI=1S/3C6H12O.C3H10OSi.Ti/c3*7-6-4-2-1-3-5-6;1-5(2,3)4;/h3*6-7H,1-5H2;4H,1-3H3;. The van der Waals surface area contributed by atoms with Gasteiger partial charge in [0.05, 0.1) is 18.3 Å². The van der Waals surface area contributed by atoms with Gasteiger partial charge in [-0.3, -0.25) is 0 Å². The first-order valence-electron chi connectivity index (χ1n) is 10.9. The fourth-order valence-corrected chi connectivity index (χ4v) is 3.24. The van der Waals surface area contributed by atoms with E-state index in [9.17, 15) is 0 Å². The second-order valence-electron chi connectivity index (χ2n) is 9.05. The van der Waals surface area contributed by atoms with Gasteiger partial charge in [0, 0.05) is 21.7 Å². The molecule has 0 amide bonds. The molecule has 0 aromatic rings. The van der Waals surface area contributed by atoms with Crippen molar-refractivity contribution in [2.24, 2.45) is 0 Å². The van der Waals surface area contributed by atoms with Crippen LogP contribution in [0.15, 0.2) is 0 Å². The van der Waals surface area contributed by atoms with Crippen molar-refractivity contribution in [2.75, 3.05) is 0 Å². The van der Waals surface area contributed by atoms with Gasteiger partial charge >= 0.3 is 0 Å². The quantitative estimate of drug-likeness (QED) is 0.412. The normalized spacial score (nSPS) is 21.9. The number of hydrogen-bond acceptors (Lipinski definition) is 4. The smallest absolute Gasteiger partial charge is 0.179 e. The number of rotatable bonds is 0. The molecule has 3 saturated carbocycles. The molecule has 0 atom stereocenters. The van der Waals surface area contributed by atoms with E-state index in [1.54, 1.807) is 0 Å². The summed E-state index contributed by atoms with van der Waals surface area (Å²) in [5.41, 5.74) is 0. The van der Waals surface area contributed by atoms with Crippen LogP contribution < -0.4 is 0 Å². The Morgan fingerprint density at radius 1 is 0.481 bits per heavy atom. The van der Waals surface area contributed by atoms with Gasteiger partial charge in [0.1, 0.15) is 0 Å². The van der Waals surface area contributed by atoms with Crippen molar-refractivity contribution in [3.63, 3.8) is 0 Å². The summed E-state index contributed by atoms with van der Waals surface area (Å²) < 4.78 is 0. The maximum absolute atomic E-state index is 8.91. The molecule has 3 fully saturated rings. The molecule has 3 aliphatic carbocycles. The van der Waals surface area contributed by atoms with Crippen LogP contribution in [0.5, 0.6) is 0 Å². The summed E-state index contributed by atoms with van der Waals surface area (Å²) in [4.78, 5) is 8.66. The van der Waals surface area contributed by atoms with Gasteiger partial charge in [-0.1, -0.05) is 57.8 Å².